The van der Waals surface area contributed by atoms with Crippen LogP contribution in [0.25, 0.3) is 100 Å². The molecule has 3 nitrogen and oxygen atoms in total. The van der Waals surface area contributed by atoms with Crippen LogP contribution in [0.15, 0.2) is 213 Å². The van der Waals surface area contributed by atoms with Gasteiger partial charge in [0.05, 0.1) is 11.4 Å². The van der Waals surface area contributed by atoms with Crippen LogP contribution >= 0.6 is 0 Å². The first-order valence-corrected chi connectivity index (χ1v) is 20.9. The van der Waals surface area contributed by atoms with Crippen LogP contribution in [0, 0.1) is 0 Å². The van der Waals surface area contributed by atoms with Crippen molar-refractivity contribution in [3.8, 4) is 89.5 Å². The molecule has 61 heavy (non-hydrogen) atoms. The highest BCUT2D eigenvalue weighted by Crippen LogP contribution is 2.49. The molecular formula is C58H41N3. The normalized spacial score (nSPS) is 12.6. The number of pyridine rings is 1. The van der Waals surface area contributed by atoms with Crippen LogP contribution in [0.4, 0.5) is 0 Å². The average molecular weight is 780 g/mol. The smallest absolute Gasteiger partial charge is 0.160 e. The number of hydrogen-bond acceptors (Lipinski definition) is 3. The zero-order valence-electron chi connectivity index (χ0n) is 34.0. The number of rotatable bonds is 7. The Labute approximate surface area is 356 Å². The lowest BCUT2D eigenvalue weighted by molar-refractivity contribution is 0.660. The van der Waals surface area contributed by atoms with Crippen molar-refractivity contribution in [1.29, 1.82) is 0 Å². The molecule has 0 amide bonds. The Morgan fingerprint density at radius 2 is 0.885 bits per heavy atom. The third kappa shape index (κ3) is 6.52. The van der Waals surface area contributed by atoms with Gasteiger partial charge in [-0.1, -0.05) is 190 Å². The molecule has 0 saturated carbocycles. The van der Waals surface area contributed by atoms with Crippen molar-refractivity contribution in [1.82, 2.24) is 15.0 Å². The van der Waals surface area contributed by atoms with E-state index >= 15 is 0 Å². The van der Waals surface area contributed by atoms with Gasteiger partial charge in [-0.2, -0.15) is 0 Å². The van der Waals surface area contributed by atoms with Gasteiger partial charge in [0.2, 0.25) is 0 Å². The first-order valence-electron chi connectivity index (χ1n) is 20.9. The summed E-state index contributed by atoms with van der Waals surface area (Å²) in [7, 11) is 0. The average Bonchev–Trinajstić information content (AvgIpc) is 3.56. The second kappa shape index (κ2) is 14.8. The van der Waals surface area contributed by atoms with Crippen molar-refractivity contribution < 1.29 is 0 Å². The summed E-state index contributed by atoms with van der Waals surface area (Å²) in [5.74, 6) is 0.699. The van der Waals surface area contributed by atoms with E-state index in [0.29, 0.717) is 5.82 Å². The summed E-state index contributed by atoms with van der Waals surface area (Å²) in [4.78, 5) is 14.7. The van der Waals surface area contributed by atoms with Crippen LogP contribution in [-0.4, -0.2) is 15.0 Å². The van der Waals surface area contributed by atoms with Crippen LogP contribution < -0.4 is 0 Å². The fourth-order valence-electron chi connectivity index (χ4n) is 9.21. The van der Waals surface area contributed by atoms with Crippen molar-refractivity contribution in [2.24, 2.45) is 0 Å². The molecule has 2 aromatic heterocycles. The second-order valence-electron chi connectivity index (χ2n) is 16.4. The van der Waals surface area contributed by atoms with Crippen molar-refractivity contribution in [3.05, 3.63) is 224 Å². The number of hydrogen-bond donors (Lipinski definition) is 0. The van der Waals surface area contributed by atoms with E-state index in [1.165, 1.54) is 49.9 Å². The van der Waals surface area contributed by atoms with Crippen molar-refractivity contribution in [3.63, 3.8) is 0 Å². The van der Waals surface area contributed by atoms with Crippen molar-refractivity contribution in [2.75, 3.05) is 0 Å². The Balaban J connectivity index is 0.964. The summed E-state index contributed by atoms with van der Waals surface area (Å²) >= 11 is 0. The van der Waals surface area contributed by atoms with E-state index in [4.69, 9.17) is 9.97 Å². The quantitative estimate of drug-likeness (QED) is 0.162. The number of aromatic nitrogens is 3. The minimum absolute atomic E-state index is 0.0149. The highest BCUT2D eigenvalue weighted by Gasteiger charge is 2.35. The minimum atomic E-state index is -0.0149. The first-order chi connectivity index (χ1) is 30.0. The molecule has 11 rings (SSSR count). The number of nitrogens with zero attached hydrogens (tertiary/aromatic N) is 3. The molecule has 2 heterocycles. The molecule has 10 aromatic rings. The maximum Gasteiger partial charge on any atom is 0.160 e. The van der Waals surface area contributed by atoms with Gasteiger partial charge in [-0.25, -0.2) is 9.97 Å². The summed E-state index contributed by atoms with van der Waals surface area (Å²) in [6.07, 6.45) is 3.70. The third-order valence-corrected chi connectivity index (χ3v) is 12.4. The molecular weight excluding hydrogens is 739 g/mol. The first kappa shape index (κ1) is 36.3. The van der Waals surface area contributed by atoms with Gasteiger partial charge < -0.3 is 0 Å². The minimum Gasteiger partial charge on any atom is -0.264 e. The highest BCUT2D eigenvalue weighted by atomic mass is 14.9. The standard InChI is InChI=1S/C58H41N3/c1-58(2)53-20-9-8-19-50(53)52-35-44(29-32-54(52)58)43-14-10-15-45(34-43)47-30-31-51(49-18-7-6-17-48(47)49)56-36-55(60-57(61-56)42-12-4-3-5-13-42)41-27-25-39(26-28-41)38-21-23-40(24-22-38)46-16-11-33-59-37-46/h3-37H,1-2H3. The van der Waals surface area contributed by atoms with Crippen LogP contribution in [0.1, 0.15) is 25.0 Å². The molecule has 0 atom stereocenters. The highest BCUT2D eigenvalue weighted by molar-refractivity contribution is 6.05. The summed E-state index contributed by atoms with van der Waals surface area (Å²) in [6, 6.07) is 71.9. The molecule has 1 aliphatic carbocycles. The molecule has 0 saturated heterocycles. The third-order valence-electron chi connectivity index (χ3n) is 12.4. The summed E-state index contributed by atoms with van der Waals surface area (Å²) in [5.41, 5.74) is 19.7. The molecule has 0 fully saturated rings. The molecule has 0 radical (unpaired) electrons. The molecule has 0 spiro atoms. The summed E-state index contributed by atoms with van der Waals surface area (Å²) in [5, 5.41) is 2.33. The van der Waals surface area contributed by atoms with Gasteiger partial charge in [0.1, 0.15) is 0 Å². The van der Waals surface area contributed by atoms with E-state index in [9.17, 15) is 0 Å². The van der Waals surface area contributed by atoms with Gasteiger partial charge in [0.25, 0.3) is 0 Å². The van der Waals surface area contributed by atoms with Crippen LogP contribution in [0.3, 0.4) is 0 Å². The maximum atomic E-state index is 5.24. The second-order valence-corrected chi connectivity index (χ2v) is 16.4. The zero-order chi connectivity index (χ0) is 40.9. The van der Waals surface area contributed by atoms with Gasteiger partial charge in [-0.05, 0) is 102 Å². The van der Waals surface area contributed by atoms with E-state index in [1.807, 2.05) is 30.5 Å². The van der Waals surface area contributed by atoms with Crippen molar-refractivity contribution in [2.45, 2.75) is 19.3 Å². The number of fused-ring (bicyclic) bond motifs is 4. The van der Waals surface area contributed by atoms with Gasteiger partial charge >= 0.3 is 0 Å². The van der Waals surface area contributed by atoms with E-state index < -0.39 is 0 Å². The Morgan fingerprint density at radius 1 is 0.328 bits per heavy atom. The zero-order valence-corrected chi connectivity index (χ0v) is 34.0. The van der Waals surface area contributed by atoms with Crippen LogP contribution in [0.2, 0.25) is 0 Å². The predicted octanol–water partition coefficient (Wildman–Crippen LogP) is 15.0. The molecule has 288 valence electrons. The molecule has 0 unspecified atom stereocenters. The van der Waals surface area contributed by atoms with Crippen molar-refractivity contribution >= 4 is 10.8 Å². The fourth-order valence-corrected chi connectivity index (χ4v) is 9.21. The van der Waals surface area contributed by atoms with E-state index in [-0.39, 0.29) is 5.41 Å². The van der Waals surface area contributed by atoms with Gasteiger partial charge in [-0.15, -0.1) is 0 Å². The molecule has 8 aromatic carbocycles. The maximum absolute atomic E-state index is 5.24. The van der Waals surface area contributed by atoms with E-state index in [2.05, 4.69) is 195 Å². The Morgan fingerprint density at radius 3 is 1.64 bits per heavy atom. The Hall–Kier alpha value is -7.75. The SMILES string of the molecule is CC1(C)c2ccccc2-c2cc(-c3cccc(-c4ccc(-c5cc(-c6ccc(-c7ccc(-c8cccnc8)cc7)cc6)nc(-c6ccccc6)n5)c5ccccc45)c3)ccc21. The summed E-state index contributed by atoms with van der Waals surface area (Å²) in [6.45, 7) is 4.67. The van der Waals surface area contributed by atoms with Crippen LogP contribution in [-0.2, 0) is 5.41 Å². The van der Waals surface area contributed by atoms with Gasteiger partial charge in [-0.3, -0.25) is 4.98 Å². The lowest BCUT2D eigenvalue weighted by Gasteiger charge is -2.21. The van der Waals surface area contributed by atoms with Gasteiger partial charge in [0, 0.05) is 34.5 Å². The van der Waals surface area contributed by atoms with Gasteiger partial charge in [0.15, 0.2) is 5.82 Å². The molecule has 1 aliphatic rings. The number of benzene rings is 8. The largest absolute Gasteiger partial charge is 0.264 e. The molecule has 0 N–H and O–H groups in total. The molecule has 3 heteroatoms. The van der Waals surface area contributed by atoms with E-state index in [1.54, 1.807) is 6.20 Å². The lowest BCUT2D eigenvalue weighted by atomic mass is 9.82. The van der Waals surface area contributed by atoms with E-state index in [0.717, 1.165) is 55.7 Å². The lowest BCUT2D eigenvalue weighted by Crippen LogP contribution is -2.14. The predicted molar refractivity (Wildman–Crippen MR) is 253 cm³/mol. The fraction of sp³-hybridized carbons (Fsp3) is 0.0517. The molecule has 0 bridgehead atoms. The Bertz CT molecular complexity index is 3240. The Kier molecular flexibility index (Phi) is 8.82. The molecule has 0 aliphatic heterocycles. The van der Waals surface area contributed by atoms with Crippen LogP contribution in [0.5, 0.6) is 0 Å². The topological polar surface area (TPSA) is 38.7 Å². The summed E-state index contributed by atoms with van der Waals surface area (Å²) < 4.78 is 0. The monoisotopic (exact) mass is 779 g/mol.